The first-order valence-electron chi connectivity index (χ1n) is 11.3. The number of nitrogens with one attached hydrogen (secondary N) is 1. The fourth-order valence-corrected chi connectivity index (χ4v) is 4.32. The molecule has 2 atom stereocenters. The Balaban J connectivity index is 1.33. The number of alkyl carbamates (subject to hydrolysis) is 1. The summed E-state index contributed by atoms with van der Waals surface area (Å²) in [5.74, 6) is 0.951. The molecule has 3 aromatic carbocycles. The fourth-order valence-electron chi connectivity index (χ4n) is 4.32. The predicted molar refractivity (Wildman–Crippen MR) is 128 cm³/mol. The summed E-state index contributed by atoms with van der Waals surface area (Å²) in [4.78, 5) is 12.3. The first-order valence-corrected chi connectivity index (χ1v) is 11.3. The number of hydrogen-bond donors (Lipinski definition) is 3. The molecule has 0 aliphatic heterocycles. The van der Waals surface area contributed by atoms with Crippen LogP contribution in [0.5, 0.6) is 11.5 Å². The number of aliphatic hydroxyl groups is 2. The van der Waals surface area contributed by atoms with Crippen molar-refractivity contribution in [2.24, 2.45) is 0 Å². The third kappa shape index (κ3) is 4.85. The molecule has 0 bridgehead atoms. The van der Waals surface area contributed by atoms with Crippen LogP contribution in [0.3, 0.4) is 0 Å². The highest BCUT2D eigenvalue weighted by atomic mass is 16.5. The van der Waals surface area contributed by atoms with E-state index in [0.29, 0.717) is 23.7 Å². The maximum Gasteiger partial charge on any atom is 0.407 e. The van der Waals surface area contributed by atoms with Gasteiger partial charge in [-0.3, -0.25) is 0 Å². The SMILES string of the molecule is CCOc1cc(C(O)C(O)CNC(=O)OCC2c3ccccc3-c3ccccc32)ccc1OC. The number of benzene rings is 3. The zero-order valence-electron chi connectivity index (χ0n) is 19.2. The molecular weight excluding hydrogens is 434 g/mol. The molecule has 1 amide bonds. The van der Waals surface area contributed by atoms with Gasteiger partial charge in [-0.1, -0.05) is 54.6 Å². The number of methoxy groups -OCH3 is 1. The average molecular weight is 464 g/mol. The summed E-state index contributed by atoms with van der Waals surface area (Å²) in [6, 6.07) is 21.1. The van der Waals surface area contributed by atoms with Gasteiger partial charge >= 0.3 is 6.09 Å². The maximum absolute atomic E-state index is 12.3. The van der Waals surface area contributed by atoms with E-state index in [1.807, 2.05) is 43.3 Å². The molecular formula is C27H29NO6. The van der Waals surface area contributed by atoms with Crippen LogP contribution in [0.1, 0.15) is 35.6 Å². The Kier molecular flexibility index (Phi) is 7.35. The van der Waals surface area contributed by atoms with E-state index in [0.717, 1.165) is 22.3 Å². The number of carbonyl (C=O) groups excluding carboxylic acids is 1. The van der Waals surface area contributed by atoms with Crippen LogP contribution < -0.4 is 14.8 Å². The van der Waals surface area contributed by atoms with E-state index >= 15 is 0 Å². The molecule has 3 aromatic rings. The lowest BCUT2D eigenvalue weighted by Crippen LogP contribution is -2.36. The van der Waals surface area contributed by atoms with Crippen LogP contribution in [-0.4, -0.2) is 49.3 Å². The van der Waals surface area contributed by atoms with Crippen LogP contribution in [0.4, 0.5) is 4.79 Å². The Morgan fingerprint density at radius 3 is 2.24 bits per heavy atom. The first-order chi connectivity index (χ1) is 16.5. The summed E-state index contributed by atoms with van der Waals surface area (Å²) in [6.45, 7) is 2.28. The van der Waals surface area contributed by atoms with E-state index in [9.17, 15) is 15.0 Å². The largest absolute Gasteiger partial charge is 0.493 e. The van der Waals surface area contributed by atoms with Gasteiger partial charge in [0, 0.05) is 12.5 Å². The third-order valence-corrected chi connectivity index (χ3v) is 5.99. The second-order valence-electron chi connectivity index (χ2n) is 8.06. The van der Waals surface area contributed by atoms with Crippen molar-refractivity contribution in [2.45, 2.75) is 25.0 Å². The highest BCUT2D eigenvalue weighted by Gasteiger charge is 2.29. The van der Waals surface area contributed by atoms with Gasteiger partial charge in [0.1, 0.15) is 18.8 Å². The van der Waals surface area contributed by atoms with Crippen LogP contribution in [-0.2, 0) is 4.74 Å². The molecule has 0 aromatic heterocycles. The van der Waals surface area contributed by atoms with Crippen molar-refractivity contribution < 1.29 is 29.2 Å². The van der Waals surface area contributed by atoms with E-state index < -0.39 is 18.3 Å². The lowest BCUT2D eigenvalue weighted by molar-refractivity contribution is 0.0184. The fraction of sp³-hybridized carbons (Fsp3) is 0.296. The molecule has 1 aliphatic carbocycles. The monoisotopic (exact) mass is 463 g/mol. The van der Waals surface area contributed by atoms with Gasteiger partial charge in [-0.05, 0) is 46.9 Å². The molecule has 0 radical (unpaired) electrons. The molecule has 1 aliphatic rings. The molecule has 0 saturated heterocycles. The van der Waals surface area contributed by atoms with Gasteiger partial charge in [-0.2, -0.15) is 0 Å². The Bertz CT molecular complexity index is 1100. The Labute approximate surface area is 198 Å². The van der Waals surface area contributed by atoms with E-state index in [-0.39, 0.29) is 19.1 Å². The Morgan fingerprint density at radius 2 is 1.62 bits per heavy atom. The maximum atomic E-state index is 12.3. The second-order valence-corrected chi connectivity index (χ2v) is 8.06. The molecule has 34 heavy (non-hydrogen) atoms. The van der Waals surface area contributed by atoms with Crippen molar-refractivity contribution in [2.75, 3.05) is 26.9 Å². The first kappa shape index (κ1) is 23.6. The summed E-state index contributed by atoms with van der Waals surface area (Å²) < 4.78 is 16.2. The quantitative estimate of drug-likeness (QED) is 0.443. The van der Waals surface area contributed by atoms with Crippen LogP contribution in [0, 0.1) is 0 Å². The number of fused-ring (bicyclic) bond motifs is 3. The van der Waals surface area contributed by atoms with Crippen molar-refractivity contribution in [3.63, 3.8) is 0 Å². The van der Waals surface area contributed by atoms with Gasteiger partial charge in [0.25, 0.3) is 0 Å². The molecule has 0 heterocycles. The zero-order valence-corrected chi connectivity index (χ0v) is 19.2. The van der Waals surface area contributed by atoms with Gasteiger partial charge in [0.2, 0.25) is 0 Å². The van der Waals surface area contributed by atoms with E-state index in [1.165, 1.54) is 7.11 Å². The number of hydrogen-bond acceptors (Lipinski definition) is 6. The average Bonchev–Trinajstić information content (AvgIpc) is 3.19. The lowest BCUT2D eigenvalue weighted by atomic mass is 9.98. The minimum Gasteiger partial charge on any atom is -0.493 e. The number of rotatable bonds is 9. The molecule has 3 N–H and O–H groups in total. The van der Waals surface area contributed by atoms with E-state index in [1.54, 1.807) is 18.2 Å². The third-order valence-electron chi connectivity index (χ3n) is 5.99. The van der Waals surface area contributed by atoms with Crippen molar-refractivity contribution >= 4 is 6.09 Å². The van der Waals surface area contributed by atoms with Gasteiger partial charge in [-0.15, -0.1) is 0 Å². The Hall–Kier alpha value is -3.55. The summed E-state index contributed by atoms with van der Waals surface area (Å²) in [5, 5.41) is 23.5. The second kappa shape index (κ2) is 10.6. The number of aliphatic hydroxyl groups excluding tert-OH is 2. The predicted octanol–water partition coefficient (Wildman–Crippen LogP) is 4.03. The molecule has 0 saturated carbocycles. The van der Waals surface area contributed by atoms with Gasteiger partial charge in [0.05, 0.1) is 13.7 Å². The number of ether oxygens (including phenoxy) is 3. The zero-order chi connectivity index (χ0) is 24.1. The van der Waals surface area contributed by atoms with Crippen LogP contribution in [0.2, 0.25) is 0 Å². The highest BCUT2D eigenvalue weighted by molar-refractivity contribution is 5.79. The van der Waals surface area contributed by atoms with Gasteiger partial charge in [0.15, 0.2) is 11.5 Å². The van der Waals surface area contributed by atoms with Crippen molar-refractivity contribution in [3.8, 4) is 22.6 Å². The standard InChI is InChI=1S/C27H29NO6/c1-3-33-25-14-17(12-13-24(25)32-2)26(30)23(29)15-28-27(31)34-16-22-20-10-6-4-8-18(20)19-9-5-7-11-21(19)22/h4-14,22-23,26,29-30H,3,15-16H2,1-2H3,(H,28,31). The van der Waals surface area contributed by atoms with Crippen molar-refractivity contribution in [1.82, 2.24) is 5.32 Å². The van der Waals surface area contributed by atoms with Crippen LogP contribution in [0.25, 0.3) is 11.1 Å². The van der Waals surface area contributed by atoms with Gasteiger partial charge in [-0.25, -0.2) is 4.79 Å². The normalized spacial score (nSPS) is 14.0. The molecule has 7 heteroatoms. The molecule has 178 valence electrons. The van der Waals surface area contributed by atoms with E-state index in [4.69, 9.17) is 14.2 Å². The van der Waals surface area contributed by atoms with Crippen LogP contribution in [0.15, 0.2) is 66.7 Å². The number of amides is 1. The molecule has 0 spiro atoms. The van der Waals surface area contributed by atoms with E-state index in [2.05, 4.69) is 17.4 Å². The molecule has 0 fully saturated rings. The summed E-state index contributed by atoms with van der Waals surface area (Å²) in [6.07, 6.45) is -3.11. The highest BCUT2D eigenvalue weighted by Crippen LogP contribution is 2.44. The Morgan fingerprint density at radius 1 is 0.971 bits per heavy atom. The smallest absolute Gasteiger partial charge is 0.407 e. The lowest BCUT2D eigenvalue weighted by Gasteiger charge is -2.20. The summed E-state index contributed by atoms with van der Waals surface area (Å²) >= 11 is 0. The topological polar surface area (TPSA) is 97.2 Å². The molecule has 2 unspecified atom stereocenters. The van der Waals surface area contributed by atoms with Crippen molar-refractivity contribution in [3.05, 3.63) is 83.4 Å². The molecule has 7 nitrogen and oxygen atoms in total. The minimum absolute atomic E-state index is 0.0510. The van der Waals surface area contributed by atoms with Crippen molar-refractivity contribution in [1.29, 1.82) is 0 Å². The summed E-state index contributed by atoms with van der Waals surface area (Å²) in [5.41, 5.74) is 4.99. The number of carbonyl (C=O) groups is 1. The molecule has 4 rings (SSSR count). The van der Waals surface area contributed by atoms with Gasteiger partial charge < -0.3 is 29.7 Å². The van der Waals surface area contributed by atoms with Crippen LogP contribution >= 0.6 is 0 Å². The summed E-state index contributed by atoms with van der Waals surface area (Å²) in [7, 11) is 1.53. The minimum atomic E-state index is -1.23.